The summed E-state index contributed by atoms with van der Waals surface area (Å²) in [4.78, 5) is 13.2. The molecule has 0 aliphatic carbocycles. The van der Waals surface area contributed by atoms with E-state index in [-0.39, 0.29) is 5.91 Å². The first-order chi connectivity index (χ1) is 8.15. The third-order valence-electron chi connectivity index (χ3n) is 2.95. The molecule has 2 rings (SSSR count). The number of anilines is 1. The molecule has 17 heavy (non-hydrogen) atoms. The van der Waals surface area contributed by atoms with Crippen LogP contribution in [-0.2, 0) is 11.3 Å². The molecule has 1 amide bonds. The minimum Gasteiger partial charge on any atom is -0.388 e. The lowest BCUT2D eigenvalue weighted by atomic mass is 10.0. The van der Waals surface area contributed by atoms with E-state index in [1.54, 1.807) is 6.92 Å². The zero-order valence-electron chi connectivity index (χ0n) is 9.85. The van der Waals surface area contributed by atoms with Gasteiger partial charge in [-0.05, 0) is 12.8 Å². The minimum absolute atomic E-state index is 0.0522. The number of nitrogen functional groups attached to an aromatic ring is 1. The van der Waals surface area contributed by atoms with E-state index in [9.17, 15) is 4.79 Å². The summed E-state index contributed by atoms with van der Waals surface area (Å²) in [5.41, 5.74) is 6.63. The summed E-state index contributed by atoms with van der Waals surface area (Å²) < 4.78 is 3.82. The maximum Gasteiger partial charge on any atom is 0.217 e. The van der Waals surface area contributed by atoms with Crippen molar-refractivity contribution >= 4 is 22.4 Å². The monoisotopic (exact) mass is 255 g/mol. The normalized spacial score (nSPS) is 18.2. The zero-order chi connectivity index (χ0) is 12.3. The quantitative estimate of drug-likeness (QED) is 0.807. The molecule has 0 atom stereocenters. The second kappa shape index (κ2) is 5.42. The topological polar surface area (TPSA) is 84.1 Å². The molecule has 6 nitrogen and oxygen atoms in total. The summed E-state index contributed by atoms with van der Waals surface area (Å²) in [5, 5.41) is 7.67. The van der Waals surface area contributed by atoms with Crippen molar-refractivity contribution in [3.05, 3.63) is 5.69 Å². The standard InChI is InChI=1S/C10H17N5OS/c1-7(16)12-8-2-4-15(5-3-8)6-9-10(11)17-14-13-9/h8H,2-6,11H2,1H3,(H,12,16). The highest BCUT2D eigenvalue weighted by atomic mass is 32.1. The number of carbonyl (C=O) groups excluding carboxylic acids is 1. The minimum atomic E-state index is 0.0522. The van der Waals surface area contributed by atoms with Crippen LogP contribution in [0.4, 0.5) is 5.00 Å². The first-order valence-corrected chi connectivity index (χ1v) is 6.48. The molecule has 0 unspecified atom stereocenters. The summed E-state index contributed by atoms with van der Waals surface area (Å²) in [6, 6.07) is 0.314. The number of aromatic nitrogens is 2. The highest BCUT2D eigenvalue weighted by Crippen LogP contribution is 2.18. The Bertz CT molecular complexity index is 386. The van der Waals surface area contributed by atoms with Crippen LogP contribution in [0.25, 0.3) is 0 Å². The molecular weight excluding hydrogens is 238 g/mol. The van der Waals surface area contributed by atoms with Crippen LogP contribution in [0.1, 0.15) is 25.5 Å². The smallest absolute Gasteiger partial charge is 0.217 e. The lowest BCUT2D eigenvalue weighted by Gasteiger charge is -2.31. The van der Waals surface area contributed by atoms with E-state index in [1.165, 1.54) is 11.5 Å². The number of carbonyl (C=O) groups is 1. The lowest BCUT2D eigenvalue weighted by molar-refractivity contribution is -0.119. The highest BCUT2D eigenvalue weighted by molar-refractivity contribution is 7.09. The Kier molecular flexibility index (Phi) is 3.90. The predicted octanol–water partition coefficient (Wildman–Crippen LogP) is 0.221. The van der Waals surface area contributed by atoms with Crippen molar-refractivity contribution in [3.8, 4) is 0 Å². The number of hydrogen-bond acceptors (Lipinski definition) is 6. The summed E-state index contributed by atoms with van der Waals surface area (Å²) in [6.07, 6.45) is 1.97. The molecule has 1 aromatic rings. The number of hydrogen-bond donors (Lipinski definition) is 2. The van der Waals surface area contributed by atoms with Crippen molar-refractivity contribution in [2.75, 3.05) is 18.8 Å². The van der Waals surface area contributed by atoms with Crippen molar-refractivity contribution in [2.24, 2.45) is 0 Å². The average molecular weight is 255 g/mol. The summed E-state index contributed by atoms with van der Waals surface area (Å²) in [6.45, 7) is 4.24. The van der Waals surface area contributed by atoms with E-state index in [2.05, 4.69) is 19.8 Å². The number of piperidine rings is 1. The molecule has 1 aromatic heterocycles. The van der Waals surface area contributed by atoms with Gasteiger partial charge in [-0.15, -0.1) is 5.10 Å². The van der Waals surface area contributed by atoms with Crippen LogP contribution in [0, 0.1) is 0 Å². The highest BCUT2D eigenvalue weighted by Gasteiger charge is 2.20. The summed E-state index contributed by atoms with van der Waals surface area (Å²) in [5.74, 6) is 0.0522. The second-order valence-electron chi connectivity index (χ2n) is 4.33. The van der Waals surface area contributed by atoms with Gasteiger partial charge < -0.3 is 11.1 Å². The molecule has 1 saturated heterocycles. The molecule has 1 aliphatic rings. The SMILES string of the molecule is CC(=O)NC1CCN(Cc2nnsc2N)CC1. The van der Waals surface area contributed by atoms with Gasteiger partial charge in [0.05, 0.1) is 0 Å². The Morgan fingerprint density at radius 2 is 2.29 bits per heavy atom. The lowest BCUT2D eigenvalue weighted by Crippen LogP contribution is -2.43. The van der Waals surface area contributed by atoms with Crippen LogP contribution in [0.5, 0.6) is 0 Å². The largest absolute Gasteiger partial charge is 0.388 e. The van der Waals surface area contributed by atoms with Gasteiger partial charge in [-0.1, -0.05) is 4.49 Å². The van der Waals surface area contributed by atoms with Crippen molar-refractivity contribution in [1.82, 2.24) is 19.8 Å². The maximum absolute atomic E-state index is 10.9. The van der Waals surface area contributed by atoms with E-state index in [0.717, 1.165) is 38.2 Å². The second-order valence-corrected chi connectivity index (χ2v) is 5.12. The summed E-state index contributed by atoms with van der Waals surface area (Å²) >= 11 is 1.23. The Labute approximate surface area is 104 Å². The molecule has 1 fully saturated rings. The van der Waals surface area contributed by atoms with Crippen molar-refractivity contribution in [1.29, 1.82) is 0 Å². The van der Waals surface area contributed by atoms with Crippen molar-refractivity contribution in [3.63, 3.8) is 0 Å². The number of amides is 1. The van der Waals surface area contributed by atoms with E-state index in [1.807, 2.05) is 0 Å². The molecule has 2 heterocycles. The maximum atomic E-state index is 10.9. The average Bonchev–Trinajstić information content (AvgIpc) is 2.67. The fourth-order valence-corrected chi connectivity index (χ4v) is 2.50. The zero-order valence-corrected chi connectivity index (χ0v) is 10.7. The number of nitrogens with zero attached hydrogens (tertiary/aromatic N) is 3. The van der Waals surface area contributed by atoms with E-state index < -0.39 is 0 Å². The Hall–Kier alpha value is -1.21. The Balaban J connectivity index is 1.79. The molecule has 0 aromatic carbocycles. The van der Waals surface area contributed by atoms with Gasteiger partial charge in [0.1, 0.15) is 10.7 Å². The first kappa shape index (κ1) is 12.3. The molecular formula is C10H17N5OS. The van der Waals surface area contributed by atoms with Crippen LogP contribution in [-0.4, -0.2) is 39.5 Å². The van der Waals surface area contributed by atoms with Gasteiger partial charge in [-0.2, -0.15) is 0 Å². The third kappa shape index (κ3) is 3.37. The Morgan fingerprint density at radius 1 is 1.59 bits per heavy atom. The Morgan fingerprint density at radius 3 is 2.82 bits per heavy atom. The number of nitrogens with two attached hydrogens (primary N) is 1. The fraction of sp³-hybridized carbons (Fsp3) is 0.700. The van der Waals surface area contributed by atoms with Crippen molar-refractivity contribution < 1.29 is 4.79 Å². The van der Waals surface area contributed by atoms with Gasteiger partial charge in [0.15, 0.2) is 0 Å². The third-order valence-corrected chi connectivity index (χ3v) is 3.55. The van der Waals surface area contributed by atoms with Gasteiger partial charge in [0.2, 0.25) is 5.91 Å². The molecule has 3 N–H and O–H groups in total. The number of nitrogens with one attached hydrogen (secondary N) is 1. The molecule has 0 radical (unpaired) electrons. The van der Waals surface area contributed by atoms with E-state index in [0.29, 0.717) is 11.0 Å². The van der Waals surface area contributed by atoms with Crippen LogP contribution in [0.15, 0.2) is 0 Å². The molecule has 0 spiro atoms. The molecule has 0 saturated carbocycles. The van der Waals surface area contributed by atoms with Gasteiger partial charge in [0.25, 0.3) is 0 Å². The molecule has 1 aliphatic heterocycles. The van der Waals surface area contributed by atoms with Crippen LogP contribution in [0.3, 0.4) is 0 Å². The molecule has 94 valence electrons. The van der Waals surface area contributed by atoms with E-state index >= 15 is 0 Å². The van der Waals surface area contributed by atoms with Gasteiger partial charge in [-0.3, -0.25) is 9.69 Å². The van der Waals surface area contributed by atoms with Gasteiger partial charge in [-0.25, -0.2) is 0 Å². The predicted molar refractivity (Wildman–Crippen MR) is 66.4 cm³/mol. The molecule has 7 heteroatoms. The van der Waals surface area contributed by atoms with E-state index in [4.69, 9.17) is 5.73 Å². The van der Waals surface area contributed by atoms with Crippen molar-refractivity contribution in [2.45, 2.75) is 32.4 Å². The molecule has 0 bridgehead atoms. The fourth-order valence-electron chi connectivity index (χ4n) is 2.06. The van der Waals surface area contributed by atoms with Crippen LogP contribution >= 0.6 is 11.5 Å². The van der Waals surface area contributed by atoms with Gasteiger partial charge >= 0.3 is 0 Å². The number of likely N-dealkylation sites (tertiary alicyclic amines) is 1. The van der Waals surface area contributed by atoms with Crippen LogP contribution < -0.4 is 11.1 Å². The first-order valence-electron chi connectivity index (χ1n) is 5.71. The van der Waals surface area contributed by atoms with Gasteiger partial charge in [0, 0.05) is 44.1 Å². The van der Waals surface area contributed by atoms with Crippen LogP contribution in [0.2, 0.25) is 0 Å². The summed E-state index contributed by atoms with van der Waals surface area (Å²) in [7, 11) is 0. The number of rotatable bonds is 3.